The van der Waals surface area contributed by atoms with Crippen molar-refractivity contribution in [1.29, 1.82) is 0 Å². The minimum Gasteiger partial charge on any atom is -0.459 e. The molecule has 0 atom stereocenters. The molecule has 0 spiro atoms. The summed E-state index contributed by atoms with van der Waals surface area (Å²) in [6.07, 6.45) is 30.5. The first-order chi connectivity index (χ1) is 22.2. The fourth-order valence-corrected chi connectivity index (χ4v) is 7.25. The molecule has 1 aromatic rings. The van der Waals surface area contributed by atoms with Crippen molar-refractivity contribution in [2.75, 3.05) is 29.9 Å². The number of piperidine rings is 1. The van der Waals surface area contributed by atoms with E-state index in [4.69, 9.17) is 19.7 Å². The van der Waals surface area contributed by atoms with Crippen molar-refractivity contribution in [3.05, 3.63) is 12.7 Å². The molecule has 0 unspecified atom stereocenters. The minimum absolute atomic E-state index is 0.0362. The van der Waals surface area contributed by atoms with Crippen LogP contribution in [0.3, 0.4) is 0 Å². The van der Waals surface area contributed by atoms with Crippen LogP contribution in [0.15, 0.2) is 12.7 Å². The van der Waals surface area contributed by atoms with E-state index in [9.17, 15) is 0 Å². The Morgan fingerprint density at radius 3 is 1.57 bits per heavy atom. The van der Waals surface area contributed by atoms with Crippen molar-refractivity contribution in [2.45, 2.75) is 200 Å². The Bertz CT molecular complexity index is 880. The summed E-state index contributed by atoms with van der Waals surface area (Å²) in [5, 5.41) is 7.47. The lowest BCUT2D eigenvalue weighted by Crippen LogP contribution is -2.60. The van der Waals surface area contributed by atoms with Gasteiger partial charge in [-0.05, 0) is 53.4 Å². The highest BCUT2D eigenvalue weighted by Crippen LogP contribution is 2.30. The summed E-state index contributed by atoms with van der Waals surface area (Å²) in [5.41, 5.74) is 0.0724. The van der Waals surface area contributed by atoms with E-state index in [1.165, 1.54) is 128 Å². The predicted octanol–water partition coefficient (Wildman–Crippen LogP) is 10.8. The lowest BCUT2D eigenvalue weighted by Gasteiger charge is -2.46. The van der Waals surface area contributed by atoms with Gasteiger partial charge in [-0.2, -0.15) is 15.0 Å². The third-order valence-electron chi connectivity index (χ3n) is 9.30. The lowest BCUT2D eigenvalue weighted by molar-refractivity contribution is 0.170. The van der Waals surface area contributed by atoms with Gasteiger partial charge < -0.3 is 20.3 Å². The summed E-state index contributed by atoms with van der Waals surface area (Å²) in [7, 11) is 0. The molecule has 7 nitrogen and oxygen atoms in total. The standard InChI is InChI=1S/C39H74N6O/c1-8-11-13-15-17-19-21-23-25-27-29-45(30-28-26-24-22-20-18-16-14-12-9-2)36-41-35(42-37(43-36)46-31-10-3)40-34-32-38(4,5)44-39(6,7)33-34/h10,34,44H,3,8-9,11-33H2,1-2,4-7H3,(H,40,41,42,43). The summed E-state index contributed by atoms with van der Waals surface area (Å²) in [6.45, 7) is 19.9. The zero-order valence-corrected chi connectivity index (χ0v) is 31.2. The van der Waals surface area contributed by atoms with Gasteiger partial charge in [-0.25, -0.2) is 0 Å². The second-order valence-corrected chi connectivity index (χ2v) is 15.3. The molecular weight excluding hydrogens is 568 g/mol. The molecule has 0 saturated carbocycles. The molecular formula is C39H74N6O. The number of nitrogens with one attached hydrogen (secondary N) is 2. The second kappa shape index (κ2) is 23.4. The molecule has 1 fully saturated rings. The SMILES string of the molecule is C=CCOc1nc(NC2CC(C)(C)NC(C)(C)C2)nc(N(CCCCCCCCCCCC)CCCCCCCCCCCC)n1. The Balaban J connectivity index is 2.02. The number of hydrogen-bond donors (Lipinski definition) is 2. The summed E-state index contributed by atoms with van der Waals surface area (Å²) in [5.74, 6) is 1.37. The van der Waals surface area contributed by atoms with Crippen LogP contribution >= 0.6 is 0 Å². The van der Waals surface area contributed by atoms with Crippen molar-refractivity contribution >= 4 is 11.9 Å². The molecule has 1 aromatic heterocycles. The van der Waals surface area contributed by atoms with E-state index in [1.54, 1.807) is 6.08 Å². The van der Waals surface area contributed by atoms with Gasteiger partial charge in [0.25, 0.3) is 0 Å². The Kier molecular flexibility index (Phi) is 20.5. The fraction of sp³-hybridized carbons (Fsp3) is 0.872. The third-order valence-corrected chi connectivity index (χ3v) is 9.30. The van der Waals surface area contributed by atoms with Crippen LogP contribution in [0.1, 0.15) is 183 Å². The van der Waals surface area contributed by atoms with Crippen LogP contribution in [0, 0.1) is 0 Å². The molecule has 0 aromatic carbocycles. The highest BCUT2D eigenvalue weighted by Gasteiger charge is 2.38. The second-order valence-electron chi connectivity index (χ2n) is 15.3. The number of nitrogens with zero attached hydrogens (tertiary/aromatic N) is 4. The molecule has 266 valence electrons. The summed E-state index contributed by atoms with van der Waals surface area (Å²) in [4.78, 5) is 17.0. The molecule has 0 aliphatic carbocycles. The van der Waals surface area contributed by atoms with Gasteiger partial charge in [0.2, 0.25) is 11.9 Å². The molecule has 1 aliphatic heterocycles. The molecule has 2 heterocycles. The van der Waals surface area contributed by atoms with Crippen molar-refractivity contribution < 1.29 is 4.74 Å². The number of anilines is 2. The Morgan fingerprint density at radius 1 is 0.696 bits per heavy atom. The first kappa shape index (κ1) is 40.3. The van der Waals surface area contributed by atoms with E-state index in [0.717, 1.165) is 31.9 Å². The molecule has 2 N–H and O–H groups in total. The zero-order valence-electron chi connectivity index (χ0n) is 31.2. The Hall–Kier alpha value is -1.89. The van der Waals surface area contributed by atoms with Gasteiger partial charge >= 0.3 is 6.01 Å². The van der Waals surface area contributed by atoms with E-state index in [2.05, 4.69) is 63.7 Å². The third kappa shape index (κ3) is 18.4. The normalized spacial score (nSPS) is 16.0. The molecule has 0 bridgehead atoms. The van der Waals surface area contributed by atoms with Gasteiger partial charge in [-0.3, -0.25) is 0 Å². The molecule has 0 radical (unpaired) electrons. The largest absolute Gasteiger partial charge is 0.459 e. The van der Waals surface area contributed by atoms with Gasteiger partial charge in [0, 0.05) is 30.2 Å². The number of aromatic nitrogens is 3. The Morgan fingerprint density at radius 2 is 1.13 bits per heavy atom. The van der Waals surface area contributed by atoms with E-state index in [0.29, 0.717) is 18.6 Å². The average Bonchev–Trinajstić information content (AvgIpc) is 2.99. The van der Waals surface area contributed by atoms with Gasteiger partial charge in [0.15, 0.2) is 0 Å². The van der Waals surface area contributed by atoms with Crippen LogP contribution in [0.5, 0.6) is 6.01 Å². The van der Waals surface area contributed by atoms with Crippen LogP contribution in [0.2, 0.25) is 0 Å². The maximum Gasteiger partial charge on any atom is 0.323 e. The minimum atomic E-state index is 0.0362. The number of unbranched alkanes of at least 4 members (excludes halogenated alkanes) is 18. The Labute approximate surface area is 285 Å². The summed E-state index contributed by atoms with van der Waals surface area (Å²) in [6, 6.07) is 0.655. The van der Waals surface area contributed by atoms with E-state index in [-0.39, 0.29) is 17.1 Å². The van der Waals surface area contributed by atoms with Gasteiger partial charge in [0.1, 0.15) is 6.61 Å². The summed E-state index contributed by atoms with van der Waals surface area (Å²) < 4.78 is 5.91. The maximum atomic E-state index is 5.91. The van der Waals surface area contributed by atoms with Crippen LogP contribution in [-0.2, 0) is 0 Å². The smallest absolute Gasteiger partial charge is 0.323 e. The number of ether oxygens (including phenoxy) is 1. The molecule has 0 amide bonds. The molecule has 7 heteroatoms. The van der Waals surface area contributed by atoms with E-state index < -0.39 is 0 Å². The van der Waals surface area contributed by atoms with Gasteiger partial charge in [-0.1, -0.05) is 142 Å². The fourth-order valence-electron chi connectivity index (χ4n) is 7.25. The van der Waals surface area contributed by atoms with Crippen LogP contribution < -0.4 is 20.3 Å². The topological polar surface area (TPSA) is 75.2 Å². The quantitative estimate of drug-likeness (QED) is 0.0695. The van der Waals surface area contributed by atoms with E-state index in [1.807, 2.05) is 0 Å². The highest BCUT2D eigenvalue weighted by molar-refractivity contribution is 5.39. The number of rotatable bonds is 28. The van der Waals surface area contributed by atoms with Crippen LogP contribution in [0.4, 0.5) is 11.9 Å². The van der Waals surface area contributed by atoms with Crippen molar-refractivity contribution in [2.24, 2.45) is 0 Å². The zero-order chi connectivity index (χ0) is 33.5. The average molecular weight is 643 g/mol. The first-order valence-corrected chi connectivity index (χ1v) is 19.5. The molecule has 1 saturated heterocycles. The van der Waals surface area contributed by atoms with Gasteiger partial charge in [-0.15, -0.1) is 0 Å². The molecule has 1 aliphatic rings. The predicted molar refractivity (Wildman–Crippen MR) is 199 cm³/mol. The monoisotopic (exact) mass is 643 g/mol. The maximum absolute atomic E-state index is 5.91. The molecule has 2 rings (SSSR count). The van der Waals surface area contributed by atoms with Crippen molar-refractivity contribution in [1.82, 2.24) is 20.3 Å². The van der Waals surface area contributed by atoms with Crippen LogP contribution in [-0.4, -0.2) is 51.8 Å². The van der Waals surface area contributed by atoms with Crippen molar-refractivity contribution in [3.63, 3.8) is 0 Å². The van der Waals surface area contributed by atoms with Gasteiger partial charge in [0.05, 0.1) is 0 Å². The lowest BCUT2D eigenvalue weighted by atomic mass is 9.80. The number of hydrogen-bond acceptors (Lipinski definition) is 7. The molecule has 46 heavy (non-hydrogen) atoms. The summed E-state index contributed by atoms with van der Waals surface area (Å²) >= 11 is 0. The van der Waals surface area contributed by atoms with Crippen LogP contribution in [0.25, 0.3) is 0 Å². The highest BCUT2D eigenvalue weighted by atomic mass is 16.5. The first-order valence-electron chi connectivity index (χ1n) is 19.5. The van der Waals surface area contributed by atoms with E-state index >= 15 is 0 Å². The van der Waals surface area contributed by atoms with Crippen molar-refractivity contribution in [3.8, 4) is 6.01 Å².